The van der Waals surface area contributed by atoms with E-state index in [9.17, 15) is 4.79 Å². The highest BCUT2D eigenvalue weighted by atomic mass is 79.9. The van der Waals surface area contributed by atoms with E-state index in [0.29, 0.717) is 18.0 Å². The molecular formula is C13H16BrNO4. The van der Waals surface area contributed by atoms with E-state index in [1.54, 1.807) is 0 Å². The Kier molecular flexibility index (Phi) is 4.31. The minimum absolute atomic E-state index is 0.0124. The van der Waals surface area contributed by atoms with Gasteiger partial charge in [-0.2, -0.15) is 0 Å². The highest BCUT2D eigenvalue weighted by Crippen LogP contribution is 2.37. The summed E-state index contributed by atoms with van der Waals surface area (Å²) in [6.45, 7) is 4.74. The van der Waals surface area contributed by atoms with E-state index in [1.165, 1.54) is 0 Å². The van der Waals surface area contributed by atoms with Crippen molar-refractivity contribution in [2.24, 2.45) is 0 Å². The maximum atomic E-state index is 10.9. The number of carboxylic acid groups (broad SMARTS) is 1. The predicted octanol–water partition coefficient (Wildman–Crippen LogP) is 2.47. The smallest absolute Gasteiger partial charge is 0.317 e. The van der Waals surface area contributed by atoms with E-state index in [-0.39, 0.29) is 19.4 Å². The third kappa shape index (κ3) is 3.39. The Balaban J connectivity index is 2.19. The van der Waals surface area contributed by atoms with Gasteiger partial charge >= 0.3 is 5.97 Å². The van der Waals surface area contributed by atoms with Crippen LogP contribution in [0.15, 0.2) is 16.6 Å². The van der Waals surface area contributed by atoms with Crippen LogP contribution in [0.2, 0.25) is 0 Å². The van der Waals surface area contributed by atoms with E-state index in [0.717, 1.165) is 10.0 Å². The van der Waals surface area contributed by atoms with Crippen LogP contribution in [-0.4, -0.2) is 35.4 Å². The third-order valence-electron chi connectivity index (χ3n) is 2.98. The number of carboxylic acids is 1. The maximum Gasteiger partial charge on any atom is 0.317 e. The number of fused-ring (bicyclic) bond motifs is 1. The van der Waals surface area contributed by atoms with Crippen molar-refractivity contribution in [3.8, 4) is 11.5 Å². The molecule has 1 aromatic rings. The van der Waals surface area contributed by atoms with Crippen molar-refractivity contribution < 1.29 is 19.4 Å². The Morgan fingerprint density at radius 3 is 2.63 bits per heavy atom. The van der Waals surface area contributed by atoms with Crippen LogP contribution in [0.3, 0.4) is 0 Å². The first-order chi connectivity index (χ1) is 8.97. The van der Waals surface area contributed by atoms with Crippen LogP contribution in [0, 0.1) is 0 Å². The van der Waals surface area contributed by atoms with Crippen molar-refractivity contribution in [1.29, 1.82) is 0 Å². The van der Waals surface area contributed by atoms with Gasteiger partial charge < -0.3 is 14.6 Å². The van der Waals surface area contributed by atoms with Gasteiger partial charge in [-0.05, 0) is 31.5 Å². The first-order valence-electron chi connectivity index (χ1n) is 6.01. The summed E-state index contributed by atoms with van der Waals surface area (Å²) in [5.41, 5.74) is 0.985. The summed E-state index contributed by atoms with van der Waals surface area (Å²) in [4.78, 5) is 12.8. The second-order valence-electron chi connectivity index (χ2n) is 4.69. The SMILES string of the molecule is CC(C)N(CC(=O)O)Cc1cc2c(cc1Br)OCO2. The largest absolute Gasteiger partial charge is 0.480 e. The predicted molar refractivity (Wildman–Crippen MR) is 73.4 cm³/mol. The zero-order valence-electron chi connectivity index (χ0n) is 10.9. The first kappa shape index (κ1) is 14.1. The number of halogens is 1. The fourth-order valence-electron chi connectivity index (χ4n) is 1.89. The topological polar surface area (TPSA) is 59.0 Å². The molecule has 0 spiro atoms. The number of hydrogen-bond donors (Lipinski definition) is 1. The van der Waals surface area contributed by atoms with E-state index in [4.69, 9.17) is 14.6 Å². The third-order valence-corrected chi connectivity index (χ3v) is 3.72. The molecule has 1 aliphatic heterocycles. The standard InChI is InChI=1S/C13H16BrNO4/c1-8(2)15(6-13(16)17)5-9-3-11-12(4-10(9)14)19-7-18-11/h3-4,8H,5-7H2,1-2H3,(H,16,17). The molecule has 0 amide bonds. The molecule has 1 heterocycles. The van der Waals surface area contributed by atoms with Crippen molar-refractivity contribution in [3.63, 3.8) is 0 Å². The molecule has 6 heteroatoms. The summed E-state index contributed by atoms with van der Waals surface area (Å²) in [5, 5.41) is 8.94. The summed E-state index contributed by atoms with van der Waals surface area (Å²) in [5.74, 6) is 0.591. The Hall–Kier alpha value is -1.27. The molecule has 1 N–H and O–H groups in total. The molecule has 1 aliphatic rings. The molecule has 0 saturated carbocycles. The van der Waals surface area contributed by atoms with E-state index >= 15 is 0 Å². The Morgan fingerprint density at radius 1 is 1.42 bits per heavy atom. The van der Waals surface area contributed by atoms with Gasteiger partial charge in [-0.25, -0.2) is 0 Å². The van der Waals surface area contributed by atoms with Gasteiger partial charge in [0.15, 0.2) is 11.5 Å². The molecule has 0 fully saturated rings. The number of carbonyl (C=O) groups is 1. The number of benzene rings is 1. The quantitative estimate of drug-likeness (QED) is 0.899. The Labute approximate surface area is 120 Å². The molecule has 5 nitrogen and oxygen atoms in total. The van der Waals surface area contributed by atoms with E-state index < -0.39 is 5.97 Å². The molecule has 0 aromatic heterocycles. The fraction of sp³-hybridized carbons (Fsp3) is 0.462. The number of ether oxygens (including phenoxy) is 2. The molecule has 0 unspecified atom stereocenters. The lowest BCUT2D eigenvalue weighted by molar-refractivity contribution is -0.138. The van der Waals surface area contributed by atoms with Crippen molar-refractivity contribution >= 4 is 21.9 Å². The normalized spacial score (nSPS) is 13.3. The van der Waals surface area contributed by atoms with Crippen molar-refractivity contribution in [2.45, 2.75) is 26.4 Å². The molecule has 19 heavy (non-hydrogen) atoms. The van der Waals surface area contributed by atoms with Crippen LogP contribution in [0.25, 0.3) is 0 Å². The Morgan fingerprint density at radius 2 is 2.05 bits per heavy atom. The molecule has 1 aromatic carbocycles. The number of hydrogen-bond acceptors (Lipinski definition) is 4. The first-order valence-corrected chi connectivity index (χ1v) is 6.80. The minimum Gasteiger partial charge on any atom is -0.480 e. The van der Waals surface area contributed by atoms with Crippen LogP contribution >= 0.6 is 15.9 Å². The van der Waals surface area contributed by atoms with Crippen LogP contribution in [0.5, 0.6) is 11.5 Å². The zero-order valence-corrected chi connectivity index (χ0v) is 12.4. The van der Waals surface area contributed by atoms with Crippen molar-refractivity contribution in [2.75, 3.05) is 13.3 Å². The number of aliphatic carboxylic acids is 1. The monoisotopic (exact) mass is 329 g/mol. The number of nitrogens with zero attached hydrogens (tertiary/aromatic N) is 1. The number of rotatable bonds is 5. The van der Waals surface area contributed by atoms with E-state index in [2.05, 4.69) is 15.9 Å². The summed E-state index contributed by atoms with van der Waals surface area (Å²) >= 11 is 3.48. The molecule has 2 rings (SSSR count). The van der Waals surface area contributed by atoms with Gasteiger partial charge in [0, 0.05) is 17.1 Å². The van der Waals surface area contributed by atoms with Gasteiger partial charge in [0.25, 0.3) is 0 Å². The molecule has 0 bridgehead atoms. The zero-order chi connectivity index (χ0) is 14.0. The molecule has 104 valence electrons. The highest BCUT2D eigenvalue weighted by molar-refractivity contribution is 9.10. The minimum atomic E-state index is -0.828. The van der Waals surface area contributed by atoms with Crippen LogP contribution in [0.1, 0.15) is 19.4 Å². The maximum absolute atomic E-state index is 10.9. The summed E-state index contributed by atoms with van der Waals surface area (Å²) in [6, 6.07) is 3.90. The molecule has 0 saturated heterocycles. The molecule has 0 aliphatic carbocycles. The van der Waals surface area contributed by atoms with Crippen LogP contribution in [0.4, 0.5) is 0 Å². The molecule has 0 radical (unpaired) electrons. The summed E-state index contributed by atoms with van der Waals surface area (Å²) < 4.78 is 11.5. The second kappa shape index (κ2) is 5.79. The average molecular weight is 330 g/mol. The fourth-order valence-corrected chi connectivity index (χ4v) is 2.34. The highest BCUT2D eigenvalue weighted by Gasteiger charge is 2.19. The molecular weight excluding hydrogens is 314 g/mol. The van der Waals surface area contributed by atoms with Gasteiger partial charge in [-0.15, -0.1) is 0 Å². The second-order valence-corrected chi connectivity index (χ2v) is 5.54. The van der Waals surface area contributed by atoms with Gasteiger partial charge in [0.05, 0.1) is 6.54 Å². The lowest BCUT2D eigenvalue weighted by Gasteiger charge is -2.25. The lowest BCUT2D eigenvalue weighted by atomic mass is 10.1. The lowest BCUT2D eigenvalue weighted by Crippen LogP contribution is -2.35. The van der Waals surface area contributed by atoms with Crippen molar-refractivity contribution in [1.82, 2.24) is 4.90 Å². The van der Waals surface area contributed by atoms with Gasteiger partial charge in [-0.3, -0.25) is 9.69 Å². The van der Waals surface area contributed by atoms with Gasteiger partial charge in [0.2, 0.25) is 6.79 Å². The van der Waals surface area contributed by atoms with Gasteiger partial charge in [-0.1, -0.05) is 15.9 Å². The molecule has 0 atom stereocenters. The Bertz CT molecular complexity index is 490. The van der Waals surface area contributed by atoms with Crippen molar-refractivity contribution in [3.05, 3.63) is 22.2 Å². The van der Waals surface area contributed by atoms with Crippen LogP contribution < -0.4 is 9.47 Å². The summed E-state index contributed by atoms with van der Waals surface area (Å²) in [6.07, 6.45) is 0. The van der Waals surface area contributed by atoms with Gasteiger partial charge in [0.1, 0.15) is 0 Å². The van der Waals surface area contributed by atoms with E-state index in [1.807, 2.05) is 30.9 Å². The summed E-state index contributed by atoms with van der Waals surface area (Å²) in [7, 11) is 0. The average Bonchev–Trinajstić information content (AvgIpc) is 2.74. The van der Waals surface area contributed by atoms with Crippen LogP contribution in [-0.2, 0) is 11.3 Å².